The van der Waals surface area contributed by atoms with Gasteiger partial charge in [-0.2, -0.15) is 0 Å². The average molecular weight is 212 g/mol. The summed E-state index contributed by atoms with van der Waals surface area (Å²) in [5.74, 6) is 6.56. The van der Waals surface area contributed by atoms with Crippen LogP contribution in [-0.4, -0.2) is 24.9 Å². The van der Waals surface area contributed by atoms with Crippen molar-refractivity contribution in [2.24, 2.45) is 5.84 Å². The molecule has 1 fully saturated rings. The first-order valence-electron chi connectivity index (χ1n) is 5.69. The van der Waals surface area contributed by atoms with E-state index in [1.165, 1.54) is 6.42 Å². The van der Waals surface area contributed by atoms with Crippen LogP contribution in [0.5, 0.6) is 0 Å². The smallest absolute Gasteiger partial charge is 0.113 e. The van der Waals surface area contributed by atoms with Crippen LogP contribution in [0.25, 0.3) is 0 Å². The summed E-state index contributed by atoms with van der Waals surface area (Å²) in [5.41, 5.74) is 2.62. The van der Waals surface area contributed by atoms with E-state index < -0.39 is 0 Å². The van der Waals surface area contributed by atoms with E-state index in [1.807, 2.05) is 0 Å². The molecule has 2 unspecified atom stereocenters. The van der Waals surface area contributed by atoms with E-state index in [2.05, 4.69) is 18.4 Å². The molecule has 2 aliphatic rings. The second kappa shape index (κ2) is 4.51. The van der Waals surface area contributed by atoms with Gasteiger partial charge in [0, 0.05) is 13.0 Å². The Balaban J connectivity index is 2.09. The van der Waals surface area contributed by atoms with Crippen LogP contribution < -0.4 is 11.3 Å². The number of rotatable bonds is 3. The van der Waals surface area contributed by atoms with Gasteiger partial charge in [0.25, 0.3) is 0 Å². The number of hydrogen-bond donors (Lipinski definition) is 2. The molecule has 0 aliphatic carbocycles. The van der Waals surface area contributed by atoms with Gasteiger partial charge in [-0.05, 0) is 32.3 Å². The fourth-order valence-electron chi connectivity index (χ4n) is 2.38. The summed E-state index contributed by atoms with van der Waals surface area (Å²) in [6.45, 7) is 3.70. The standard InChI is InChI=1S/C11H20N2O2/c1-11(6-2-3-8-15-11)10(13-12)9-5-4-7-14-9/h5,10,13H,2-4,6-8,12H2,1H3. The van der Waals surface area contributed by atoms with Crippen LogP contribution in [0.15, 0.2) is 11.8 Å². The summed E-state index contributed by atoms with van der Waals surface area (Å²) in [6.07, 6.45) is 6.45. The van der Waals surface area contributed by atoms with E-state index in [4.69, 9.17) is 15.3 Å². The van der Waals surface area contributed by atoms with Crippen LogP contribution >= 0.6 is 0 Å². The molecule has 2 rings (SSSR count). The van der Waals surface area contributed by atoms with Crippen molar-refractivity contribution in [1.29, 1.82) is 0 Å². The first kappa shape index (κ1) is 10.9. The first-order valence-corrected chi connectivity index (χ1v) is 5.69. The second-order valence-corrected chi connectivity index (χ2v) is 4.46. The molecule has 2 heterocycles. The van der Waals surface area contributed by atoms with Crippen LogP contribution in [0.1, 0.15) is 32.6 Å². The zero-order chi connectivity index (χ0) is 10.7. The van der Waals surface area contributed by atoms with Gasteiger partial charge >= 0.3 is 0 Å². The Morgan fingerprint density at radius 3 is 2.87 bits per heavy atom. The maximum Gasteiger partial charge on any atom is 0.113 e. The highest BCUT2D eigenvalue weighted by atomic mass is 16.5. The molecule has 2 atom stereocenters. The molecule has 0 aromatic heterocycles. The van der Waals surface area contributed by atoms with E-state index in [1.54, 1.807) is 0 Å². The highest BCUT2D eigenvalue weighted by Gasteiger charge is 2.40. The normalized spacial score (nSPS) is 33.3. The SMILES string of the molecule is CC1(C(NN)C2=CCCO2)CCCCO1. The lowest BCUT2D eigenvalue weighted by Gasteiger charge is -2.40. The summed E-state index contributed by atoms with van der Waals surface area (Å²) in [6, 6.07) is -0.0136. The van der Waals surface area contributed by atoms with E-state index in [0.717, 1.165) is 38.2 Å². The number of nitrogens with two attached hydrogens (primary N) is 1. The summed E-state index contributed by atoms with van der Waals surface area (Å²) in [7, 11) is 0. The summed E-state index contributed by atoms with van der Waals surface area (Å²) < 4.78 is 11.4. The van der Waals surface area contributed by atoms with Crippen molar-refractivity contribution in [2.75, 3.05) is 13.2 Å². The Morgan fingerprint density at radius 2 is 2.33 bits per heavy atom. The van der Waals surface area contributed by atoms with Crippen molar-refractivity contribution in [3.63, 3.8) is 0 Å². The monoisotopic (exact) mass is 212 g/mol. The third kappa shape index (κ3) is 2.17. The molecule has 0 radical (unpaired) electrons. The highest BCUT2D eigenvalue weighted by molar-refractivity contribution is 5.13. The van der Waals surface area contributed by atoms with Crippen LogP contribution in [0.4, 0.5) is 0 Å². The maximum atomic E-state index is 5.87. The van der Waals surface area contributed by atoms with E-state index >= 15 is 0 Å². The number of hydrazine groups is 1. The van der Waals surface area contributed by atoms with Gasteiger partial charge in [0.15, 0.2) is 0 Å². The predicted molar refractivity (Wildman–Crippen MR) is 58.0 cm³/mol. The lowest BCUT2D eigenvalue weighted by Crippen LogP contribution is -2.55. The number of hydrogen-bond acceptors (Lipinski definition) is 4. The van der Waals surface area contributed by atoms with E-state index in [9.17, 15) is 0 Å². The van der Waals surface area contributed by atoms with Gasteiger partial charge in [-0.15, -0.1) is 0 Å². The summed E-state index contributed by atoms with van der Waals surface area (Å²) in [5, 5.41) is 0. The molecule has 0 spiro atoms. The fourth-order valence-corrected chi connectivity index (χ4v) is 2.38. The minimum Gasteiger partial charge on any atom is -0.496 e. The van der Waals surface area contributed by atoms with Gasteiger partial charge < -0.3 is 9.47 Å². The van der Waals surface area contributed by atoms with Crippen LogP contribution in [0.2, 0.25) is 0 Å². The zero-order valence-electron chi connectivity index (χ0n) is 9.29. The average Bonchev–Trinajstić information content (AvgIpc) is 2.73. The van der Waals surface area contributed by atoms with Gasteiger partial charge in [0.2, 0.25) is 0 Å². The van der Waals surface area contributed by atoms with Gasteiger partial charge in [-0.1, -0.05) is 0 Å². The third-order valence-corrected chi connectivity index (χ3v) is 3.29. The van der Waals surface area contributed by atoms with Gasteiger partial charge in [0.05, 0.1) is 12.2 Å². The van der Waals surface area contributed by atoms with Gasteiger partial charge in [0.1, 0.15) is 11.8 Å². The molecule has 0 aromatic rings. The minimum atomic E-state index is -0.219. The van der Waals surface area contributed by atoms with E-state index in [0.29, 0.717) is 0 Å². The Labute approximate surface area is 90.8 Å². The van der Waals surface area contributed by atoms with Crippen molar-refractivity contribution >= 4 is 0 Å². The molecule has 4 heteroatoms. The van der Waals surface area contributed by atoms with Gasteiger partial charge in [-0.25, -0.2) is 5.43 Å². The predicted octanol–water partition coefficient (Wildman–Crippen LogP) is 1.08. The zero-order valence-corrected chi connectivity index (χ0v) is 9.29. The van der Waals surface area contributed by atoms with Crippen molar-refractivity contribution in [1.82, 2.24) is 5.43 Å². The Morgan fingerprint density at radius 1 is 1.47 bits per heavy atom. The summed E-state index contributed by atoms with van der Waals surface area (Å²) >= 11 is 0. The lowest BCUT2D eigenvalue weighted by molar-refractivity contribution is -0.0889. The van der Waals surface area contributed by atoms with Crippen LogP contribution in [-0.2, 0) is 9.47 Å². The highest BCUT2D eigenvalue weighted by Crippen LogP contribution is 2.32. The molecule has 0 aromatic carbocycles. The molecule has 15 heavy (non-hydrogen) atoms. The Kier molecular flexibility index (Phi) is 3.29. The van der Waals surface area contributed by atoms with Crippen molar-refractivity contribution in [3.8, 4) is 0 Å². The van der Waals surface area contributed by atoms with E-state index in [-0.39, 0.29) is 11.6 Å². The summed E-state index contributed by atoms with van der Waals surface area (Å²) in [4.78, 5) is 0. The van der Waals surface area contributed by atoms with Gasteiger partial charge in [-0.3, -0.25) is 5.84 Å². The largest absolute Gasteiger partial charge is 0.496 e. The molecule has 2 aliphatic heterocycles. The molecule has 1 saturated heterocycles. The molecule has 0 saturated carbocycles. The van der Waals surface area contributed by atoms with Crippen molar-refractivity contribution in [2.45, 2.75) is 44.2 Å². The van der Waals surface area contributed by atoms with Crippen molar-refractivity contribution < 1.29 is 9.47 Å². The lowest BCUT2D eigenvalue weighted by atomic mass is 9.87. The molecular formula is C11H20N2O2. The molecule has 3 N–H and O–H groups in total. The second-order valence-electron chi connectivity index (χ2n) is 4.46. The molecule has 0 bridgehead atoms. The minimum absolute atomic E-state index is 0.0136. The molecule has 4 nitrogen and oxygen atoms in total. The number of ether oxygens (including phenoxy) is 2. The Bertz CT molecular complexity index is 247. The molecular weight excluding hydrogens is 192 g/mol. The fraction of sp³-hybridized carbons (Fsp3) is 0.818. The quantitative estimate of drug-likeness (QED) is 0.543. The van der Waals surface area contributed by atoms with Crippen molar-refractivity contribution in [3.05, 3.63) is 11.8 Å². The van der Waals surface area contributed by atoms with Crippen LogP contribution in [0.3, 0.4) is 0 Å². The number of nitrogens with one attached hydrogen (secondary N) is 1. The molecule has 86 valence electrons. The topological polar surface area (TPSA) is 56.5 Å². The van der Waals surface area contributed by atoms with Crippen LogP contribution in [0, 0.1) is 0 Å². The maximum absolute atomic E-state index is 5.87. The third-order valence-electron chi connectivity index (χ3n) is 3.29. The molecule has 0 amide bonds. The Hall–Kier alpha value is -0.580. The first-order chi connectivity index (χ1) is 7.26.